The van der Waals surface area contributed by atoms with Crippen LogP contribution in [0, 0.1) is 0 Å². The Morgan fingerprint density at radius 3 is 2.78 bits per heavy atom. The number of benzene rings is 1. The summed E-state index contributed by atoms with van der Waals surface area (Å²) in [7, 11) is 0. The minimum Gasteiger partial charge on any atom is -0.490 e. The molecule has 0 saturated heterocycles. The van der Waals surface area contributed by atoms with E-state index in [9.17, 15) is 0 Å². The number of nitrogens with zero attached hydrogens (tertiary/aromatic N) is 3. The van der Waals surface area contributed by atoms with E-state index in [0.29, 0.717) is 12.6 Å². The molecule has 0 atom stereocenters. The Morgan fingerprint density at radius 1 is 1.26 bits per heavy atom. The van der Waals surface area contributed by atoms with E-state index in [0.717, 1.165) is 41.5 Å². The number of anilines is 1. The fourth-order valence-electron chi connectivity index (χ4n) is 2.99. The van der Waals surface area contributed by atoms with Crippen LogP contribution in [0.4, 0.5) is 5.82 Å². The van der Waals surface area contributed by atoms with Gasteiger partial charge in [-0.2, -0.15) is 5.10 Å². The first-order chi connectivity index (χ1) is 11.3. The fraction of sp³-hybridized carbons (Fsp3) is 0.444. The molecule has 0 spiro atoms. The van der Waals surface area contributed by atoms with Crippen molar-refractivity contribution in [3.63, 3.8) is 0 Å². The molecule has 1 fully saturated rings. The summed E-state index contributed by atoms with van der Waals surface area (Å²) in [5.41, 5.74) is 1.09. The van der Waals surface area contributed by atoms with Crippen molar-refractivity contribution >= 4 is 17.4 Å². The summed E-state index contributed by atoms with van der Waals surface area (Å²) in [5.74, 6) is 1.80. The molecule has 0 bridgehead atoms. The molecule has 0 unspecified atom stereocenters. The molecule has 1 aliphatic rings. The van der Waals surface area contributed by atoms with Crippen LogP contribution in [0.3, 0.4) is 0 Å². The lowest BCUT2D eigenvalue weighted by molar-refractivity contribution is 0.208. The summed E-state index contributed by atoms with van der Waals surface area (Å²) in [6.45, 7) is 3.66. The van der Waals surface area contributed by atoms with Crippen LogP contribution in [0.2, 0.25) is 5.02 Å². The molecule has 5 heteroatoms. The van der Waals surface area contributed by atoms with Crippen LogP contribution >= 0.6 is 11.6 Å². The minimum atomic E-state index is 0.335. The normalized spacial score (nSPS) is 14.9. The standard InChI is InChI=1S/C18H22ClN3O/c1-2-22(18-8-5-11-20-21-18)13-14-12-15(19)9-10-17(14)23-16-6-3-4-7-16/h5,8-12,16H,2-4,6-7,13H2,1H3. The third-order valence-corrected chi connectivity index (χ3v) is 4.48. The lowest BCUT2D eigenvalue weighted by Gasteiger charge is -2.24. The predicted molar refractivity (Wildman–Crippen MR) is 93.1 cm³/mol. The van der Waals surface area contributed by atoms with E-state index < -0.39 is 0 Å². The monoisotopic (exact) mass is 331 g/mol. The lowest BCUT2D eigenvalue weighted by Crippen LogP contribution is -2.24. The summed E-state index contributed by atoms with van der Waals surface area (Å²) in [6, 6.07) is 9.75. The highest BCUT2D eigenvalue weighted by molar-refractivity contribution is 6.30. The van der Waals surface area contributed by atoms with Crippen LogP contribution in [0.1, 0.15) is 38.2 Å². The highest BCUT2D eigenvalue weighted by Crippen LogP contribution is 2.30. The SMILES string of the molecule is CCN(Cc1cc(Cl)ccc1OC1CCCC1)c1cccnn1. The van der Waals surface area contributed by atoms with Crippen LogP contribution in [-0.2, 0) is 6.54 Å². The Morgan fingerprint density at radius 2 is 2.09 bits per heavy atom. The molecule has 1 heterocycles. The van der Waals surface area contributed by atoms with Gasteiger partial charge in [-0.05, 0) is 62.9 Å². The van der Waals surface area contributed by atoms with Crippen LogP contribution in [0.25, 0.3) is 0 Å². The molecule has 23 heavy (non-hydrogen) atoms. The second-order valence-corrected chi connectivity index (χ2v) is 6.31. The maximum atomic E-state index is 6.22. The average Bonchev–Trinajstić information content (AvgIpc) is 3.09. The minimum absolute atomic E-state index is 0.335. The van der Waals surface area contributed by atoms with Crippen molar-refractivity contribution in [1.29, 1.82) is 0 Å². The van der Waals surface area contributed by atoms with Crippen molar-refractivity contribution in [1.82, 2.24) is 10.2 Å². The molecule has 122 valence electrons. The van der Waals surface area contributed by atoms with E-state index in [-0.39, 0.29) is 0 Å². The topological polar surface area (TPSA) is 38.2 Å². The molecular weight excluding hydrogens is 310 g/mol. The number of hydrogen-bond acceptors (Lipinski definition) is 4. The van der Waals surface area contributed by atoms with Crippen molar-refractivity contribution in [3.8, 4) is 5.75 Å². The van der Waals surface area contributed by atoms with E-state index in [4.69, 9.17) is 16.3 Å². The van der Waals surface area contributed by atoms with Gasteiger partial charge in [-0.15, -0.1) is 5.10 Å². The first kappa shape index (κ1) is 16.1. The quantitative estimate of drug-likeness (QED) is 0.782. The van der Waals surface area contributed by atoms with Gasteiger partial charge in [0.1, 0.15) is 5.75 Å². The van der Waals surface area contributed by atoms with E-state index >= 15 is 0 Å². The fourth-order valence-corrected chi connectivity index (χ4v) is 3.19. The number of aromatic nitrogens is 2. The highest BCUT2D eigenvalue weighted by Gasteiger charge is 2.19. The maximum absolute atomic E-state index is 6.22. The summed E-state index contributed by atoms with van der Waals surface area (Å²) < 4.78 is 6.22. The Labute approximate surface area is 142 Å². The van der Waals surface area contributed by atoms with Crippen LogP contribution in [0.5, 0.6) is 5.75 Å². The van der Waals surface area contributed by atoms with Crippen molar-refractivity contribution in [2.75, 3.05) is 11.4 Å². The van der Waals surface area contributed by atoms with Crippen molar-refractivity contribution in [2.45, 2.75) is 45.3 Å². The number of halogens is 1. The third kappa shape index (κ3) is 4.14. The average molecular weight is 332 g/mol. The Balaban J connectivity index is 1.81. The highest BCUT2D eigenvalue weighted by atomic mass is 35.5. The largest absolute Gasteiger partial charge is 0.490 e. The van der Waals surface area contributed by atoms with E-state index in [1.165, 1.54) is 12.8 Å². The molecular formula is C18H22ClN3O. The van der Waals surface area contributed by atoms with Crippen molar-refractivity contribution in [3.05, 3.63) is 47.1 Å². The molecule has 1 aromatic heterocycles. The molecule has 4 nitrogen and oxygen atoms in total. The van der Waals surface area contributed by atoms with Gasteiger partial charge in [-0.3, -0.25) is 0 Å². The zero-order valence-corrected chi connectivity index (χ0v) is 14.2. The van der Waals surface area contributed by atoms with Crippen LogP contribution in [-0.4, -0.2) is 22.8 Å². The molecule has 1 saturated carbocycles. The van der Waals surface area contributed by atoms with Gasteiger partial charge in [0.15, 0.2) is 5.82 Å². The first-order valence-corrected chi connectivity index (χ1v) is 8.62. The van der Waals surface area contributed by atoms with Crippen molar-refractivity contribution < 1.29 is 4.74 Å². The smallest absolute Gasteiger partial charge is 0.151 e. The molecule has 1 aliphatic carbocycles. The van der Waals surface area contributed by atoms with Gasteiger partial charge >= 0.3 is 0 Å². The molecule has 0 radical (unpaired) electrons. The lowest BCUT2D eigenvalue weighted by atomic mass is 10.1. The number of hydrogen-bond donors (Lipinski definition) is 0. The second kappa shape index (κ2) is 7.64. The van der Waals surface area contributed by atoms with Gasteiger partial charge < -0.3 is 9.64 Å². The molecule has 2 aromatic rings. The van der Waals surface area contributed by atoms with Gasteiger partial charge in [0.25, 0.3) is 0 Å². The first-order valence-electron chi connectivity index (χ1n) is 8.24. The summed E-state index contributed by atoms with van der Waals surface area (Å²) in [4.78, 5) is 2.17. The molecule has 3 rings (SSSR count). The van der Waals surface area contributed by atoms with Crippen LogP contribution in [0.15, 0.2) is 36.5 Å². The molecule has 0 aliphatic heterocycles. The Hall–Kier alpha value is -1.81. The zero-order chi connectivity index (χ0) is 16.1. The van der Waals surface area contributed by atoms with E-state index in [2.05, 4.69) is 22.0 Å². The van der Waals surface area contributed by atoms with Gasteiger partial charge in [-0.25, -0.2) is 0 Å². The molecule has 1 aromatic carbocycles. The summed E-state index contributed by atoms with van der Waals surface area (Å²) in [5, 5.41) is 8.90. The maximum Gasteiger partial charge on any atom is 0.151 e. The number of rotatable bonds is 6. The molecule has 0 N–H and O–H groups in total. The summed E-state index contributed by atoms with van der Waals surface area (Å²) >= 11 is 6.20. The van der Waals surface area contributed by atoms with E-state index in [1.54, 1.807) is 6.20 Å². The van der Waals surface area contributed by atoms with Gasteiger partial charge in [-0.1, -0.05) is 11.6 Å². The zero-order valence-electron chi connectivity index (χ0n) is 13.4. The van der Waals surface area contributed by atoms with E-state index in [1.807, 2.05) is 30.3 Å². The second-order valence-electron chi connectivity index (χ2n) is 5.87. The van der Waals surface area contributed by atoms with Gasteiger partial charge in [0, 0.05) is 29.9 Å². The van der Waals surface area contributed by atoms with Gasteiger partial charge in [0.05, 0.1) is 6.10 Å². The Bertz CT molecular complexity index is 629. The van der Waals surface area contributed by atoms with Crippen LogP contribution < -0.4 is 9.64 Å². The third-order valence-electron chi connectivity index (χ3n) is 4.24. The predicted octanol–water partition coefficient (Wildman–Crippen LogP) is 4.48. The number of ether oxygens (including phenoxy) is 1. The Kier molecular flexibility index (Phi) is 5.34. The van der Waals surface area contributed by atoms with Gasteiger partial charge in [0.2, 0.25) is 0 Å². The van der Waals surface area contributed by atoms with Crippen molar-refractivity contribution in [2.24, 2.45) is 0 Å². The molecule has 0 amide bonds. The summed E-state index contributed by atoms with van der Waals surface area (Å²) in [6.07, 6.45) is 6.82.